The van der Waals surface area contributed by atoms with E-state index in [-0.39, 0.29) is 27.2 Å². The van der Waals surface area contributed by atoms with Gasteiger partial charge >= 0.3 is 0 Å². The molecule has 0 amide bonds. The van der Waals surface area contributed by atoms with Crippen LogP contribution in [0.4, 0.5) is 5.69 Å². The van der Waals surface area contributed by atoms with Crippen molar-refractivity contribution in [3.8, 4) is 11.5 Å². The molecule has 1 aromatic rings. The lowest BCUT2D eigenvalue weighted by Crippen LogP contribution is -2.00. The van der Waals surface area contributed by atoms with Crippen molar-refractivity contribution in [3.05, 3.63) is 26.2 Å². The Morgan fingerprint density at radius 3 is 2.44 bits per heavy atom. The van der Waals surface area contributed by atoms with Gasteiger partial charge in [0.05, 0.1) is 29.7 Å². The smallest absolute Gasteiger partial charge is 0.285 e. The van der Waals surface area contributed by atoms with E-state index in [4.69, 9.17) is 9.47 Å². The van der Waals surface area contributed by atoms with Crippen LogP contribution in [0.15, 0.2) is 10.5 Å². The Balaban J connectivity index is 3.60. The number of carbonyl (C=O) groups excluding carboxylic acids is 1. The van der Waals surface area contributed by atoms with Crippen molar-refractivity contribution < 1.29 is 19.2 Å². The second-order valence-corrected chi connectivity index (χ2v) is 3.53. The summed E-state index contributed by atoms with van der Waals surface area (Å²) in [6.45, 7) is 0. The van der Waals surface area contributed by atoms with Crippen LogP contribution in [0.5, 0.6) is 11.5 Å². The minimum atomic E-state index is -0.656. The Bertz CT molecular complexity index is 446. The maximum Gasteiger partial charge on any atom is 0.285 e. The van der Waals surface area contributed by atoms with E-state index in [1.54, 1.807) is 0 Å². The van der Waals surface area contributed by atoms with Crippen molar-refractivity contribution in [2.45, 2.75) is 0 Å². The molecule has 7 heteroatoms. The first-order chi connectivity index (χ1) is 7.56. The van der Waals surface area contributed by atoms with Crippen LogP contribution in [0.2, 0.25) is 0 Å². The Kier molecular flexibility index (Phi) is 3.83. The van der Waals surface area contributed by atoms with Gasteiger partial charge < -0.3 is 9.47 Å². The van der Waals surface area contributed by atoms with Crippen LogP contribution in [0.25, 0.3) is 0 Å². The van der Waals surface area contributed by atoms with Gasteiger partial charge in [-0.05, 0) is 15.9 Å². The molecule has 0 aliphatic heterocycles. The summed E-state index contributed by atoms with van der Waals surface area (Å²) in [5.74, 6) is 0.432. The first-order valence-electron chi connectivity index (χ1n) is 4.10. The van der Waals surface area contributed by atoms with Crippen molar-refractivity contribution >= 4 is 27.9 Å². The molecule has 0 saturated heterocycles. The molecular formula is C9H8BrNO5. The molecule has 1 aromatic carbocycles. The van der Waals surface area contributed by atoms with Gasteiger partial charge in [0.2, 0.25) is 0 Å². The first-order valence-corrected chi connectivity index (χ1v) is 4.90. The van der Waals surface area contributed by atoms with E-state index in [1.165, 1.54) is 14.2 Å². The van der Waals surface area contributed by atoms with Crippen molar-refractivity contribution in [2.75, 3.05) is 14.2 Å². The van der Waals surface area contributed by atoms with E-state index in [1.807, 2.05) is 0 Å². The number of aldehydes is 1. The molecule has 16 heavy (non-hydrogen) atoms. The second kappa shape index (κ2) is 4.93. The lowest BCUT2D eigenvalue weighted by Gasteiger charge is -2.10. The molecule has 0 spiro atoms. The molecule has 0 unspecified atom stereocenters. The molecule has 0 bridgehead atoms. The number of nitro groups is 1. The predicted octanol–water partition coefficient (Wildman–Crippen LogP) is 2.19. The monoisotopic (exact) mass is 289 g/mol. The highest BCUT2D eigenvalue weighted by Gasteiger charge is 2.24. The number of carbonyl (C=O) groups is 1. The summed E-state index contributed by atoms with van der Waals surface area (Å²) in [5.41, 5.74) is -0.415. The van der Waals surface area contributed by atoms with Gasteiger partial charge in [-0.15, -0.1) is 0 Å². The van der Waals surface area contributed by atoms with E-state index in [0.717, 1.165) is 6.07 Å². The molecule has 0 aliphatic carbocycles. The second-order valence-electron chi connectivity index (χ2n) is 2.73. The number of benzene rings is 1. The van der Waals surface area contributed by atoms with Crippen molar-refractivity contribution in [1.82, 2.24) is 0 Å². The number of rotatable bonds is 4. The number of hydrogen-bond acceptors (Lipinski definition) is 5. The number of nitrogens with zero attached hydrogens (tertiary/aromatic N) is 1. The fourth-order valence-electron chi connectivity index (χ4n) is 1.22. The van der Waals surface area contributed by atoms with Crippen LogP contribution in [0, 0.1) is 10.1 Å². The molecule has 0 fully saturated rings. The summed E-state index contributed by atoms with van der Waals surface area (Å²) in [7, 11) is 2.73. The van der Waals surface area contributed by atoms with Gasteiger partial charge in [0.25, 0.3) is 5.69 Å². The van der Waals surface area contributed by atoms with Gasteiger partial charge in [-0.3, -0.25) is 14.9 Å². The topological polar surface area (TPSA) is 78.7 Å². The maximum absolute atomic E-state index is 10.8. The average molecular weight is 290 g/mol. The van der Waals surface area contributed by atoms with Crippen LogP contribution in [0.1, 0.15) is 10.4 Å². The lowest BCUT2D eigenvalue weighted by atomic mass is 10.1. The van der Waals surface area contributed by atoms with Crippen molar-refractivity contribution in [2.24, 2.45) is 0 Å². The summed E-state index contributed by atoms with van der Waals surface area (Å²) < 4.78 is 10.1. The minimum absolute atomic E-state index is 0.0809. The fourth-order valence-corrected chi connectivity index (χ4v) is 1.87. The Morgan fingerprint density at radius 1 is 1.44 bits per heavy atom. The Hall–Kier alpha value is -1.63. The average Bonchev–Trinajstić information content (AvgIpc) is 2.27. The summed E-state index contributed by atoms with van der Waals surface area (Å²) >= 11 is 3.07. The standard InChI is InChI=1S/C9H8BrNO5/c1-15-7-3-6(11(13)14)5(4-12)8(10)9(7)16-2/h3-4H,1-2H3. The van der Waals surface area contributed by atoms with Crippen LogP contribution in [-0.4, -0.2) is 25.4 Å². The third-order valence-corrected chi connectivity index (χ3v) is 2.73. The van der Waals surface area contributed by atoms with Gasteiger partial charge in [-0.2, -0.15) is 0 Å². The summed E-state index contributed by atoms with van der Waals surface area (Å²) in [5, 5.41) is 10.7. The molecule has 86 valence electrons. The van der Waals surface area contributed by atoms with Crippen LogP contribution < -0.4 is 9.47 Å². The van der Waals surface area contributed by atoms with Gasteiger partial charge in [0, 0.05) is 0 Å². The maximum atomic E-state index is 10.8. The SMILES string of the molecule is COc1cc([N+](=O)[O-])c(C=O)c(Br)c1OC. The highest BCUT2D eigenvalue weighted by molar-refractivity contribution is 9.10. The highest BCUT2D eigenvalue weighted by Crippen LogP contribution is 2.41. The molecular weight excluding hydrogens is 282 g/mol. The zero-order chi connectivity index (χ0) is 12.3. The van der Waals surface area contributed by atoms with E-state index >= 15 is 0 Å². The largest absolute Gasteiger partial charge is 0.493 e. The zero-order valence-corrected chi connectivity index (χ0v) is 10.1. The van der Waals surface area contributed by atoms with E-state index in [0.29, 0.717) is 6.29 Å². The number of halogens is 1. The fraction of sp³-hybridized carbons (Fsp3) is 0.222. The van der Waals surface area contributed by atoms with E-state index < -0.39 is 4.92 Å². The Labute approximate surface area is 99.4 Å². The highest BCUT2D eigenvalue weighted by atomic mass is 79.9. The molecule has 0 aromatic heterocycles. The Morgan fingerprint density at radius 2 is 2.06 bits per heavy atom. The quantitative estimate of drug-likeness (QED) is 0.482. The lowest BCUT2D eigenvalue weighted by molar-refractivity contribution is -0.385. The van der Waals surface area contributed by atoms with Crippen LogP contribution in [0.3, 0.4) is 0 Å². The molecule has 0 atom stereocenters. The zero-order valence-electron chi connectivity index (χ0n) is 8.52. The molecule has 0 N–H and O–H groups in total. The molecule has 0 heterocycles. The van der Waals surface area contributed by atoms with Gasteiger partial charge in [-0.1, -0.05) is 0 Å². The molecule has 6 nitrogen and oxygen atoms in total. The summed E-state index contributed by atoms with van der Waals surface area (Å²) in [6.07, 6.45) is 0.393. The number of hydrogen-bond donors (Lipinski definition) is 0. The van der Waals surface area contributed by atoms with Gasteiger partial charge in [0.1, 0.15) is 5.56 Å². The number of ether oxygens (including phenoxy) is 2. The van der Waals surface area contributed by atoms with Crippen LogP contribution in [-0.2, 0) is 0 Å². The van der Waals surface area contributed by atoms with Gasteiger partial charge in [0.15, 0.2) is 17.8 Å². The number of methoxy groups -OCH3 is 2. The molecule has 0 radical (unpaired) electrons. The predicted molar refractivity (Wildman–Crippen MR) is 59.3 cm³/mol. The normalized spacial score (nSPS) is 9.69. The first kappa shape index (κ1) is 12.4. The van der Waals surface area contributed by atoms with E-state index in [9.17, 15) is 14.9 Å². The third kappa shape index (κ3) is 1.99. The minimum Gasteiger partial charge on any atom is -0.493 e. The van der Waals surface area contributed by atoms with Gasteiger partial charge in [-0.25, -0.2) is 0 Å². The summed E-state index contributed by atoms with van der Waals surface area (Å²) in [4.78, 5) is 20.9. The molecule has 0 aliphatic rings. The summed E-state index contributed by atoms with van der Waals surface area (Å²) in [6, 6.07) is 1.15. The number of nitro benzene ring substituents is 1. The van der Waals surface area contributed by atoms with Crippen molar-refractivity contribution in [3.63, 3.8) is 0 Å². The van der Waals surface area contributed by atoms with Crippen molar-refractivity contribution in [1.29, 1.82) is 0 Å². The molecule has 1 rings (SSSR count). The molecule has 0 saturated carbocycles. The third-order valence-electron chi connectivity index (χ3n) is 1.94. The van der Waals surface area contributed by atoms with Crippen LogP contribution >= 0.6 is 15.9 Å². The van der Waals surface area contributed by atoms with E-state index in [2.05, 4.69) is 15.9 Å².